The summed E-state index contributed by atoms with van der Waals surface area (Å²) in [5.41, 5.74) is 10.3. The molecule has 0 radical (unpaired) electrons. The largest absolute Gasteiger partial charge is 0.493 e. The number of fused-ring (bicyclic) bond motifs is 1. The van der Waals surface area contributed by atoms with E-state index >= 15 is 0 Å². The first-order valence-corrected chi connectivity index (χ1v) is 10.3. The Morgan fingerprint density at radius 2 is 1.93 bits per heavy atom. The van der Waals surface area contributed by atoms with Crippen molar-refractivity contribution in [2.24, 2.45) is 7.05 Å². The third-order valence-electron chi connectivity index (χ3n) is 5.26. The molecule has 0 saturated carbocycles. The summed E-state index contributed by atoms with van der Waals surface area (Å²) in [7, 11) is 3.59. The molecule has 0 amide bonds. The molecule has 8 heteroatoms. The van der Waals surface area contributed by atoms with Crippen molar-refractivity contribution in [1.82, 2.24) is 19.7 Å². The van der Waals surface area contributed by atoms with E-state index in [1.807, 2.05) is 49.0 Å². The zero-order valence-corrected chi connectivity index (χ0v) is 17.7. The summed E-state index contributed by atoms with van der Waals surface area (Å²) >= 11 is 0. The summed E-state index contributed by atoms with van der Waals surface area (Å²) in [6.45, 7) is 2.47. The van der Waals surface area contributed by atoms with Crippen LogP contribution in [0.1, 0.15) is 31.0 Å². The summed E-state index contributed by atoms with van der Waals surface area (Å²) in [6.07, 6.45) is 4.40. The number of nitrogen functional groups attached to an aromatic ring is 1. The van der Waals surface area contributed by atoms with Crippen molar-refractivity contribution in [2.75, 3.05) is 24.8 Å². The van der Waals surface area contributed by atoms with Crippen LogP contribution in [0.25, 0.3) is 11.4 Å². The molecule has 1 aliphatic rings. The molecule has 2 aromatic heterocycles. The van der Waals surface area contributed by atoms with E-state index in [2.05, 4.69) is 15.3 Å². The molecule has 30 heavy (non-hydrogen) atoms. The van der Waals surface area contributed by atoms with Gasteiger partial charge in [0, 0.05) is 18.7 Å². The normalized spacial score (nSPS) is 14.1. The van der Waals surface area contributed by atoms with Gasteiger partial charge in [-0.2, -0.15) is 10.1 Å². The second-order valence-corrected chi connectivity index (χ2v) is 7.61. The maximum atomic E-state index is 6.03. The zero-order valence-electron chi connectivity index (χ0n) is 17.7. The highest BCUT2D eigenvalue weighted by atomic mass is 16.5. The monoisotopic (exact) mass is 408 g/mol. The fraction of sp³-hybridized carbons (Fsp3) is 0.409. The average molecular weight is 409 g/mol. The smallest absolute Gasteiger partial charge is 0.222 e. The number of methoxy groups -OCH3 is 1. The molecule has 3 aromatic rings. The average Bonchev–Trinajstić information content (AvgIpc) is 3.07. The van der Waals surface area contributed by atoms with E-state index in [0.29, 0.717) is 23.9 Å². The second kappa shape index (κ2) is 8.61. The molecule has 3 N–H and O–H groups in total. The van der Waals surface area contributed by atoms with E-state index in [1.165, 1.54) is 24.1 Å². The van der Waals surface area contributed by atoms with Crippen molar-refractivity contribution < 1.29 is 9.47 Å². The van der Waals surface area contributed by atoms with Crippen LogP contribution in [0.2, 0.25) is 0 Å². The molecule has 1 atom stereocenters. The molecule has 0 fully saturated rings. The van der Waals surface area contributed by atoms with Crippen molar-refractivity contribution in [2.45, 2.75) is 38.6 Å². The van der Waals surface area contributed by atoms with Gasteiger partial charge in [-0.3, -0.25) is 4.68 Å². The van der Waals surface area contributed by atoms with Crippen LogP contribution in [0.4, 0.5) is 11.8 Å². The Morgan fingerprint density at radius 3 is 2.73 bits per heavy atom. The first kappa shape index (κ1) is 20.0. The van der Waals surface area contributed by atoms with E-state index in [0.717, 1.165) is 24.2 Å². The number of nitrogens with one attached hydrogen (secondary N) is 1. The first-order valence-electron chi connectivity index (χ1n) is 10.3. The number of ether oxygens (including phenoxy) is 2. The number of rotatable bonds is 7. The lowest BCUT2D eigenvalue weighted by Crippen LogP contribution is -2.24. The Labute approximate surface area is 176 Å². The summed E-state index contributed by atoms with van der Waals surface area (Å²) in [5.74, 6) is 2.32. The lowest BCUT2D eigenvalue weighted by molar-refractivity contribution is 0.284. The van der Waals surface area contributed by atoms with Gasteiger partial charge in [0.25, 0.3) is 0 Å². The van der Waals surface area contributed by atoms with Gasteiger partial charge in [0.2, 0.25) is 5.95 Å². The number of hydrogen-bond acceptors (Lipinski definition) is 7. The quantitative estimate of drug-likeness (QED) is 0.619. The molecule has 4 rings (SSSR count). The molecule has 0 spiro atoms. The number of aryl methyl sites for hydroxylation is 2. The standard InChI is InChI=1S/C22H28N6O2/c1-14(13-30-19-11-7-6-10-18(19)29-3)24-20-12-17(25-22(23)26-20)21-15-8-4-5-9-16(15)27-28(21)2/h6-7,10-12,14H,4-5,8-9,13H2,1-3H3,(H3,23,24,25,26). The van der Waals surface area contributed by atoms with E-state index in [9.17, 15) is 0 Å². The molecule has 0 saturated heterocycles. The minimum Gasteiger partial charge on any atom is -0.493 e. The van der Waals surface area contributed by atoms with Crippen LogP contribution in [0, 0.1) is 0 Å². The highest BCUT2D eigenvalue weighted by Crippen LogP contribution is 2.31. The molecule has 8 nitrogen and oxygen atoms in total. The van der Waals surface area contributed by atoms with Crippen molar-refractivity contribution in [1.29, 1.82) is 0 Å². The molecule has 1 aromatic carbocycles. The maximum Gasteiger partial charge on any atom is 0.222 e. The molecule has 158 valence electrons. The van der Waals surface area contributed by atoms with Gasteiger partial charge in [-0.05, 0) is 44.7 Å². The predicted octanol–water partition coefficient (Wildman–Crippen LogP) is 3.23. The number of aromatic nitrogens is 4. The molecule has 1 unspecified atom stereocenters. The van der Waals surface area contributed by atoms with Gasteiger partial charge in [0.05, 0.1) is 30.2 Å². The van der Waals surface area contributed by atoms with Crippen molar-refractivity contribution in [3.63, 3.8) is 0 Å². The molecule has 0 bridgehead atoms. The maximum absolute atomic E-state index is 6.03. The van der Waals surface area contributed by atoms with Gasteiger partial charge in [-0.1, -0.05) is 12.1 Å². The lowest BCUT2D eigenvalue weighted by atomic mass is 9.95. The van der Waals surface area contributed by atoms with Crippen LogP contribution < -0.4 is 20.5 Å². The van der Waals surface area contributed by atoms with E-state index in [-0.39, 0.29) is 12.0 Å². The Balaban J connectivity index is 1.51. The van der Waals surface area contributed by atoms with E-state index in [4.69, 9.17) is 20.3 Å². The molecule has 1 aliphatic carbocycles. The Hall–Kier alpha value is -3.29. The van der Waals surface area contributed by atoms with E-state index < -0.39 is 0 Å². The highest BCUT2D eigenvalue weighted by Gasteiger charge is 2.22. The number of para-hydroxylation sites is 2. The Morgan fingerprint density at radius 1 is 1.17 bits per heavy atom. The van der Waals surface area contributed by atoms with Crippen LogP contribution in [0.15, 0.2) is 30.3 Å². The zero-order chi connectivity index (χ0) is 21.1. The van der Waals surface area contributed by atoms with Crippen LogP contribution in [-0.2, 0) is 19.9 Å². The Bertz CT molecular complexity index is 1030. The Kier molecular flexibility index (Phi) is 5.74. The SMILES string of the molecule is COc1ccccc1OCC(C)Nc1cc(-c2c3c(nn2C)CCCC3)nc(N)n1. The summed E-state index contributed by atoms with van der Waals surface area (Å²) in [6, 6.07) is 9.52. The predicted molar refractivity (Wildman–Crippen MR) is 117 cm³/mol. The van der Waals surface area contributed by atoms with E-state index in [1.54, 1.807) is 7.11 Å². The molecular weight excluding hydrogens is 380 g/mol. The molecule has 0 aliphatic heterocycles. The second-order valence-electron chi connectivity index (χ2n) is 7.61. The highest BCUT2D eigenvalue weighted by molar-refractivity contribution is 5.65. The number of hydrogen-bond donors (Lipinski definition) is 2. The fourth-order valence-electron chi connectivity index (χ4n) is 3.91. The lowest BCUT2D eigenvalue weighted by Gasteiger charge is -2.18. The van der Waals surface area contributed by atoms with Gasteiger partial charge in [-0.25, -0.2) is 4.98 Å². The third-order valence-corrected chi connectivity index (χ3v) is 5.26. The molecule has 2 heterocycles. The number of anilines is 2. The van der Waals surface area contributed by atoms with Gasteiger partial charge in [-0.15, -0.1) is 0 Å². The first-order chi connectivity index (χ1) is 14.5. The van der Waals surface area contributed by atoms with Crippen LogP contribution in [0.5, 0.6) is 11.5 Å². The third kappa shape index (κ3) is 4.17. The minimum atomic E-state index is -0.00230. The van der Waals surface area contributed by atoms with Gasteiger partial charge >= 0.3 is 0 Å². The topological polar surface area (TPSA) is 100 Å². The van der Waals surface area contributed by atoms with Crippen molar-refractivity contribution in [3.8, 4) is 22.9 Å². The van der Waals surface area contributed by atoms with Gasteiger partial charge in [0.1, 0.15) is 12.4 Å². The van der Waals surface area contributed by atoms with Gasteiger partial charge < -0.3 is 20.5 Å². The fourth-order valence-corrected chi connectivity index (χ4v) is 3.91. The molecular formula is C22H28N6O2. The summed E-state index contributed by atoms with van der Waals surface area (Å²) in [4.78, 5) is 8.85. The number of nitrogens with zero attached hydrogens (tertiary/aromatic N) is 4. The number of benzene rings is 1. The van der Waals surface area contributed by atoms with Crippen LogP contribution in [-0.4, -0.2) is 39.5 Å². The van der Waals surface area contributed by atoms with Crippen molar-refractivity contribution >= 4 is 11.8 Å². The van der Waals surface area contributed by atoms with Crippen LogP contribution in [0.3, 0.4) is 0 Å². The van der Waals surface area contributed by atoms with Gasteiger partial charge in [0.15, 0.2) is 11.5 Å². The summed E-state index contributed by atoms with van der Waals surface area (Å²) < 4.78 is 13.2. The van der Waals surface area contributed by atoms with Crippen molar-refractivity contribution in [3.05, 3.63) is 41.6 Å². The summed E-state index contributed by atoms with van der Waals surface area (Å²) in [5, 5.41) is 8.06. The minimum absolute atomic E-state index is 0.00230. The number of nitrogens with two attached hydrogens (primary N) is 1. The van der Waals surface area contributed by atoms with Crippen LogP contribution >= 0.6 is 0 Å².